The fourth-order valence-corrected chi connectivity index (χ4v) is 5.90. The molecule has 2 aromatic carbocycles. The van der Waals surface area contributed by atoms with Gasteiger partial charge in [-0.1, -0.05) is 23.8 Å². The molecule has 1 fully saturated rings. The summed E-state index contributed by atoms with van der Waals surface area (Å²) < 4.78 is 40.1. The van der Waals surface area contributed by atoms with E-state index < -0.39 is 32.8 Å². The van der Waals surface area contributed by atoms with Crippen molar-refractivity contribution in [2.75, 3.05) is 26.2 Å². The van der Waals surface area contributed by atoms with Crippen LogP contribution in [0.2, 0.25) is 0 Å². The lowest BCUT2D eigenvalue weighted by atomic mass is 10.1. The maximum Gasteiger partial charge on any atom is 0.262 e. The minimum Gasteiger partial charge on any atom is -0.336 e. The van der Waals surface area contributed by atoms with E-state index in [1.54, 1.807) is 29.6 Å². The minimum atomic E-state index is -4.26. The molecule has 188 valence electrons. The lowest BCUT2D eigenvalue weighted by Crippen LogP contribution is -2.57. The van der Waals surface area contributed by atoms with Crippen molar-refractivity contribution in [1.82, 2.24) is 15.1 Å². The predicted molar refractivity (Wildman–Crippen MR) is 133 cm³/mol. The number of thiophene rings is 1. The Kier molecular flexibility index (Phi) is 7.51. The zero-order valence-corrected chi connectivity index (χ0v) is 21.0. The van der Waals surface area contributed by atoms with Crippen LogP contribution in [0.4, 0.5) is 4.39 Å². The van der Waals surface area contributed by atoms with Gasteiger partial charge in [-0.3, -0.25) is 14.4 Å². The zero-order chi connectivity index (χ0) is 25.9. The van der Waals surface area contributed by atoms with E-state index in [0.717, 1.165) is 16.9 Å². The molecular weight excluding hydrogens is 505 g/mol. The van der Waals surface area contributed by atoms with E-state index in [-0.39, 0.29) is 41.9 Å². The molecule has 0 saturated carbocycles. The summed E-state index contributed by atoms with van der Waals surface area (Å²) in [5.74, 6) is -2.19. The molecule has 8 nitrogen and oxygen atoms in total. The zero-order valence-electron chi connectivity index (χ0n) is 19.4. The molecule has 0 radical (unpaired) electrons. The number of nitrogens with zero attached hydrogens (tertiary/aromatic N) is 2. The van der Waals surface area contributed by atoms with Crippen molar-refractivity contribution >= 4 is 38.9 Å². The van der Waals surface area contributed by atoms with Gasteiger partial charge in [-0.25, -0.2) is 12.8 Å². The SMILES string of the molecule is Cc1ccc(S(=O)(=O)C(NC(=O)c2cccs2)C(=O)N2CCN(C(=O)c3ccc(F)cc3)CC2)cc1. The van der Waals surface area contributed by atoms with Crippen LogP contribution < -0.4 is 5.32 Å². The van der Waals surface area contributed by atoms with E-state index in [0.29, 0.717) is 5.56 Å². The summed E-state index contributed by atoms with van der Waals surface area (Å²) in [6.45, 7) is 2.31. The minimum absolute atomic E-state index is 0.0805. The van der Waals surface area contributed by atoms with Crippen molar-refractivity contribution < 1.29 is 27.2 Å². The number of halogens is 1. The third-order valence-electron chi connectivity index (χ3n) is 5.86. The van der Waals surface area contributed by atoms with E-state index >= 15 is 0 Å². The molecule has 1 unspecified atom stereocenters. The standard InChI is InChI=1S/C25H24FN3O5S2/c1-17-4-10-20(11-5-17)36(33,34)23(27-22(30)21-3-2-16-35-21)25(32)29-14-12-28(13-15-29)24(31)18-6-8-19(26)9-7-18/h2-11,16,23H,12-15H2,1H3,(H,27,30). The molecule has 3 amide bonds. The summed E-state index contributed by atoms with van der Waals surface area (Å²) in [5, 5.41) is 2.26. The summed E-state index contributed by atoms with van der Waals surface area (Å²) in [4.78, 5) is 42.0. The number of amides is 3. The second-order valence-electron chi connectivity index (χ2n) is 8.31. The highest BCUT2D eigenvalue weighted by Crippen LogP contribution is 2.20. The number of sulfone groups is 1. The van der Waals surface area contributed by atoms with Crippen molar-refractivity contribution in [2.45, 2.75) is 17.2 Å². The van der Waals surface area contributed by atoms with Crippen molar-refractivity contribution in [3.63, 3.8) is 0 Å². The maximum absolute atomic E-state index is 13.5. The average molecular weight is 530 g/mol. The van der Waals surface area contributed by atoms with Crippen molar-refractivity contribution in [2.24, 2.45) is 0 Å². The average Bonchev–Trinajstić information content (AvgIpc) is 3.42. The molecule has 1 N–H and O–H groups in total. The molecule has 0 spiro atoms. The number of carbonyl (C=O) groups excluding carboxylic acids is 3. The predicted octanol–water partition coefficient (Wildman–Crippen LogP) is 2.71. The van der Waals surface area contributed by atoms with E-state index in [1.165, 1.54) is 46.2 Å². The molecule has 3 aromatic rings. The second kappa shape index (κ2) is 10.6. The number of rotatable bonds is 6. The van der Waals surface area contributed by atoms with E-state index in [9.17, 15) is 27.2 Å². The van der Waals surface area contributed by atoms with Gasteiger partial charge in [0.15, 0.2) is 0 Å². The number of piperazine rings is 1. The monoisotopic (exact) mass is 529 g/mol. The van der Waals surface area contributed by atoms with Crippen LogP contribution in [0, 0.1) is 12.7 Å². The molecule has 2 heterocycles. The maximum atomic E-state index is 13.5. The van der Waals surface area contributed by atoms with Gasteiger partial charge in [0.05, 0.1) is 9.77 Å². The van der Waals surface area contributed by atoms with Gasteiger partial charge in [0.25, 0.3) is 17.7 Å². The summed E-state index contributed by atoms with van der Waals surface area (Å²) in [6, 6.07) is 14.4. The van der Waals surface area contributed by atoms with Crippen LogP contribution in [0.1, 0.15) is 25.6 Å². The molecular formula is C25H24FN3O5S2. The normalized spacial score (nSPS) is 14.8. The van der Waals surface area contributed by atoms with Crippen LogP contribution in [-0.2, 0) is 14.6 Å². The Morgan fingerprint density at radius 1 is 0.917 bits per heavy atom. The fourth-order valence-electron chi connectivity index (χ4n) is 3.80. The van der Waals surface area contributed by atoms with Gasteiger partial charge in [-0.2, -0.15) is 0 Å². The van der Waals surface area contributed by atoms with Crippen molar-refractivity contribution in [3.8, 4) is 0 Å². The van der Waals surface area contributed by atoms with Gasteiger partial charge in [0.1, 0.15) is 5.82 Å². The summed E-state index contributed by atoms with van der Waals surface area (Å²) in [7, 11) is -4.26. The molecule has 1 aliphatic rings. The number of hydrogen-bond acceptors (Lipinski definition) is 6. The van der Waals surface area contributed by atoms with Gasteiger partial charge >= 0.3 is 0 Å². The van der Waals surface area contributed by atoms with Crippen LogP contribution in [0.5, 0.6) is 0 Å². The number of nitrogens with one attached hydrogen (secondary N) is 1. The van der Waals surface area contributed by atoms with Crippen LogP contribution in [-0.4, -0.2) is 67.5 Å². The number of benzene rings is 2. The van der Waals surface area contributed by atoms with E-state index in [1.807, 2.05) is 6.92 Å². The van der Waals surface area contributed by atoms with Crippen LogP contribution >= 0.6 is 11.3 Å². The van der Waals surface area contributed by atoms with Gasteiger partial charge in [-0.05, 0) is 54.8 Å². The molecule has 0 bridgehead atoms. The summed E-state index contributed by atoms with van der Waals surface area (Å²) in [6.07, 6.45) is 0. The quantitative estimate of drug-likeness (QED) is 0.529. The summed E-state index contributed by atoms with van der Waals surface area (Å²) in [5.41, 5.74) is 1.17. The molecule has 1 aromatic heterocycles. The first-order valence-electron chi connectivity index (χ1n) is 11.2. The largest absolute Gasteiger partial charge is 0.336 e. The molecule has 0 aliphatic carbocycles. The van der Waals surface area contributed by atoms with Crippen LogP contribution in [0.25, 0.3) is 0 Å². The third kappa shape index (κ3) is 5.47. The Hall–Kier alpha value is -3.57. The first-order chi connectivity index (χ1) is 17.2. The number of aryl methyl sites for hydroxylation is 1. The highest BCUT2D eigenvalue weighted by atomic mass is 32.2. The lowest BCUT2D eigenvalue weighted by Gasteiger charge is -2.36. The molecule has 4 rings (SSSR count). The lowest BCUT2D eigenvalue weighted by molar-refractivity contribution is -0.132. The Morgan fingerprint density at radius 2 is 1.53 bits per heavy atom. The van der Waals surface area contributed by atoms with Gasteiger partial charge in [0.2, 0.25) is 15.2 Å². The van der Waals surface area contributed by atoms with Crippen molar-refractivity contribution in [1.29, 1.82) is 0 Å². The van der Waals surface area contributed by atoms with Gasteiger partial charge in [0, 0.05) is 31.7 Å². The number of hydrogen-bond donors (Lipinski definition) is 1. The van der Waals surface area contributed by atoms with Gasteiger partial charge < -0.3 is 15.1 Å². The molecule has 11 heteroatoms. The fraction of sp³-hybridized carbons (Fsp3) is 0.240. The highest BCUT2D eigenvalue weighted by molar-refractivity contribution is 7.92. The third-order valence-corrected chi connectivity index (χ3v) is 8.60. The first kappa shape index (κ1) is 25.5. The Morgan fingerprint density at radius 3 is 2.11 bits per heavy atom. The van der Waals surface area contributed by atoms with Crippen LogP contribution in [0.3, 0.4) is 0 Å². The topological polar surface area (TPSA) is 104 Å². The Labute approximate surface area is 212 Å². The molecule has 1 aliphatic heterocycles. The Bertz CT molecular complexity index is 1350. The highest BCUT2D eigenvalue weighted by Gasteiger charge is 2.39. The first-order valence-corrected chi connectivity index (χ1v) is 13.6. The molecule has 1 atom stereocenters. The molecule has 1 saturated heterocycles. The smallest absolute Gasteiger partial charge is 0.262 e. The van der Waals surface area contributed by atoms with Crippen LogP contribution in [0.15, 0.2) is 70.9 Å². The van der Waals surface area contributed by atoms with Crippen molar-refractivity contribution in [3.05, 3.63) is 87.9 Å². The number of carbonyl (C=O) groups is 3. The second-order valence-corrected chi connectivity index (χ2v) is 11.3. The van der Waals surface area contributed by atoms with E-state index in [2.05, 4.69) is 5.32 Å². The Balaban J connectivity index is 1.53. The van der Waals surface area contributed by atoms with E-state index in [4.69, 9.17) is 0 Å². The molecule has 36 heavy (non-hydrogen) atoms. The van der Waals surface area contributed by atoms with Gasteiger partial charge in [-0.15, -0.1) is 11.3 Å². The summed E-state index contributed by atoms with van der Waals surface area (Å²) >= 11 is 1.13.